The minimum absolute atomic E-state index is 0.655. The second-order valence-corrected chi connectivity index (χ2v) is 6.40. The highest BCUT2D eigenvalue weighted by Gasteiger charge is 2.12. The minimum Gasteiger partial charge on any atom is -0.243 e. The average molecular weight is 336 g/mol. The van der Waals surface area contributed by atoms with Crippen molar-refractivity contribution >= 4 is 17.4 Å². The Labute approximate surface area is 143 Å². The van der Waals surface area contributed by atoms with Gasteiger partial charge in [0, 0.05) is 18.3 Å². The molecule has 6 nitrogen and oxygen atoms in total. The second kappa shape index (κ2) is 6.09. The van der Waals surface area contributed by atoms with Crippen LogP contribution < -0.4 is 0 Å². The number of aromatic nitrogens is 6. The predicted molar refractivity (Wildman–Crippen MR) is 93.7 cm³/mol. The van der Waals surface area contributed by atoms with E-state index in [0.29, 0.717) is 5.75 Å². The number of pyridine rings is 1. The lowest BCUT2D eigenvalue weighted by Crippen LogP contribution is -1.95. The minimum atomic E-state index is 0.655. The van der Waals surface area contributed by atoms with Crippen LogP contribution in [-0.4, -0.2) is 29.4 Å². The predicted octanol–water partition coefficient (Wildman–Crippen LogP) is 3.13. The SMILES string of the molecule is Cc1cccc2nc(CSc3nc(-c4ccccc4)nn3C)nn12. The molecule has 0 unspecified atom stereocenters. The van der Waals surface area contributed by atoms with E-state index in [4.69, 9.17) is 0 Å². The molecule has 0 saturated heterocycles. The molecule has 24 heavy (non-hydrogen) atoms. The van der Waals surface area contributed by atoms with Crippen LogP contribution in [0.5, 0.6) is 0 Å². The van der Waals surface area contributed by atoms with Crippen molar-refractivity contribution in [1.29, 1.82) is 0 Å². The first kappa shape index (κ1) is 14.9. The van der Waals surface area contributed by atoms with Gasteiger partial charge in [0.1, 0.15) is 0 Å². The zero-order valence-electron chi connectivity index (χ0n) is 13.4. The number of benzene rings is 1. The van der Waals surface area contributed by atoms with E-state index in [1.165, 1.54) is 0 Å². The quantitative estimate of drug-likeness (QED) is 0.536. The lowest BCUT2D eigenvalue weighted by molar-refractivity contribution is 0.685. The van der Waals surface area contributed by atoms with Crippen molar-refractivity contribution in [3.05, 3.63) is 60.0 Å². The van der Waals surface area contributed by atoms with Crippen molar-refractivity contribution in [2.75, 3.05) is 0 Å². The van der Waals surface area contributed by atoms with Gasteiger partial charge in [0.25, 0.3) is 0 Å². The maximum Gasteiger partial charge on any atom is 0.186 e. The number of hydrogen-bond donors (Lipinski definition) is 0. The topological polar surface area (TPSA) is 60.9 Å². The van der Waals surface area contributed by atoms with Crippen molar-refractivity contribution in [2.45, 2.75) is 17.8 Å². The van der Waals surface area contributed by atoms with Gasteiger partial charge in [-0.15, -0.1) is 0 Å². The van der Waals surface area contributed by atoms with Crippen LogP contribution in [0.25, 0.3) is 17.0 Å². The van der Waals surface area contributed by atoms with Crippen molar-refractivity contribution < 1.29 is 0 Å². The molecule has 4 rings (SSSR count). The highest BCUT2D eigenvalue weighted by molar-refractivity contribution is 7.98. The van der Waals surface area contributed by atoms with Gasteiger partial charge in [-0.05, 0) is 19.1 Å². The molecule has 3 heterocycles. The fourth-order valence-electron chi connectivity index (χ4n) is 2.48. The first-order valence-corrected chi connectivity index (χ1v) is 8.60. The first-order chi connectivity index (χ1) is 11.7. The zero-order chi connectivity index (χ0) is 16.5. The van der Waals surface area contributed by atoms with E-state index < -0.39 is 0 Å². The summed E-state index contributed by atoms with van der Waals surface area (Å²) < 4.78 is 3.66. The van der Waals surface area contributed by atoms with Crippen molar-refractivity contribution in [3.8, 4) is 11.4 Å². The molecule has 0 atom stereocenters. The normalized spacial score (nSPS) is 11.2. The second-order valence-electron chi connectivity index (χ2n) is 5.46. The van der Waals surface area contributed by atoms with E-state index in [-0.39, 0.29) is 0 Å². The van der Waals surface area contributed by atoms with Gasteiger partial charge in [0.05, 0.1) is 5.75 Å². The molecule has 0 saturated carbocycles. The summed E-state index contributed by atoms with van der Waals surface area (Å²) in [5.41, 5.74) is 2.95. The number of hydrogen-bond acceptors (Lipinski definition) is 5. The van der Waals surface area contributed by atoms with E-state index in [2.05, 4.69) is 20.2 Å². The van der Waals surface area contributed by atoms with Crippen LogP contribution >= 0.6 is 11.8 Å². The average Bonchev–Trinajstić information content (AvgIpc) is 3.18. The Morgan fingerprint density at radius 3 is 2.58 bits per heavy atom. The fraction of sp³-hybridized carbons (Fsp3) is 0.176. The molecule has 0 bridgehead atoms. The van der Waals surface area contributed by atoms with E-state index in [1.54, 1.807) is 16.4 Å². The van der Waals surface area contributed by atoms with Crippen LogP contribution in [0.2, 0.25) is 0 Å². The molecule has 0 radical (unpaired) electrons. The summed E-state index contributed by atoms with van der Waals surface area (Å²) in [7, 11) is 1.91. The maximum absolute atomic E-state index is 4.62. The molecule has 0 amide bonds. The Balaban J connectivity index is 1.55. The molecular formula is C17H16N6S. The fourth-order valence-corrected chi connectivity index (χ4v) is 3.23. The van der Waals surface area contributed by atoms with Gasteiger partial charge in [-0.2, -0.15) is 10.2 Å². The summed E-state index contributed by atoms with van der Waals surface area (Å²) in [4.78, 5) is 9.18. The van der Waals surface area contributed by atoms with Crippen LogP contribution in [-0.2, 0) is 12.8 Å². The Kier molecular flexibility index (Phi) is 3.78. The highest BCUT2D eigenvalue weighted by atomic mass is 32.2. The van der Waals surface area contributed by atoms with E-state index in [1.807, 2.05) is 67.0 Å². The molecule has 7 heteroatoms. The van der Waals surface area contributed by atoms with Crippen LogP contribution in [0, 0.1) is 6.92 Å². The molecule has 4 aromatic rings. The largest absolute Gasteiger partial charge is 0.243 e. The molecule has 0 spiro atoms. The zero-order valence-corrected chi connectivity index (χ0v) is 14.2. The molecule has 0 aliphatic carbocycles. The van der Waals surface area contributed by atoms with E-state index in [9.17, 15) is 0 Å². The third-order valence-corrected chi connectivity index (χ3v) is 4.69. The van der Waals surface area contributed by atoms with Crippen molar-refractivity contribution in [2.24, 2.45) is 7.05 Å². The Morgan fingerprint density at radius 2 is 1.79 bits per heavy atom. The number of fused-ring (bicyclic) bond motifs is 1. The third kappa shape index (κ3) is 2.78. The summed E-state index contributed by atoms with van der Waals surface area (Å²) >= 11 is 1.59. The number of thioether (sulfide) groups is 1. The van der Waals surface area contributed by atoms with Crippen molar-refractivity contribution in [1.82, 2.24) is 29.4 Å². The molecule has 120 valence electrons. The molecule has 1 aromatic carbocycles. The third-order valence-electron chi connectivity index (χ3n) is 3.68. The van der Waals surface area contributed by atoms with Crippen LogP contribution in [0.1, 0.15) is 11.5 Å². The highest BCUT2D eigenvalue weighted by Crippen LogP contribution is 2.23. The van der Waals surface area contributed by atoms with Crippen LogP contribution in [0.4, 0.5) is 0 Å². The summed E-state index contributed by atoms with van der Waals surface area (Å²) in [6.07, 6.45) is 0. The van der Waals surface area contributed by atoms with Gasteiger partial charge in [-0.25, -0.2) is 19.2 Å². The van der Waals surface area contributed by atoms with Crippen LogP contribution in [0.3, 0.4) is 0 Å². The van der Waals surface area contributed by atoms with E-state index >= 15 is 0 Å². The first-order valence-electron chi connectivity index (χ1n) is 7.61. The maximum atomic E-state index is 4.62. The molecule has 0 aliphatic rings. The number of rotatable bonds is 4. The Morgan fingerprint density at radius 1 is 0.958 bits per heavy atom. The Hall–Kier alpha value is -2.67. The van der Waals surface area contributed by atoms with Gasteiger partial charge in [-0.3, -0.25) is 0 Å². The lowest BCUT2D eigenvalue weighted by atomic mass is 10.2. The smallest absolute Gasteiger partial charge is 0.186 e. The van der Waals surface area contributed by atoms with Crippen molar-refractivity contribution in [3.63, 3.8) is 0 Å². The van der Waals surface area contributed by atoms with Gasteiger partial charge >= 0.3 is 0 Å². The standard InChI is InChI=1S/C17H16N6S/c1-12-7-6-10-15-18-14(20-23(12)15)11-24-17-19-16(21-22(17)2)13-8-4-3-5-9-13/h3-10H,11H2,1-2H3. The van der Waals surface area contributed by atoms with E-state index in [0.717, 1.165) is 33.7 Å². The summed E-state index contributed by atoms with van der Waals surface area (Å²) in [5, 5.41) is 9.89. The Bertz CT molecular complexity index is 989. The summed E-state index contributed by atoms with van der Waals surface area (Å²) in [5.74, 6) is 2.18. The van der Waals surface area contributed by atoms with Gasteiger partial charge in [0.2, 0.25) is 0 Å². The number of aryl methyl sites for hydroxylation is 2. The molecular weight excluding hydrogens is 320 g/mol. The molecule has 0 fully saturated rings. The molecule has 0 aliphatic heterocycles. The summed E-state index contributed by atoms with van der Waals surface area (Å²) in [6.45, 7) is 2.02. The monoisotopic (exact) mass is 336 g/mol. The van der Waals surface area contributed by atoms with Gasteiger partial charge in [-0.1, -0.05) is 48.2 Å². The molecule has 0 N–H and O–H groups in total. The molecule has 3 aromatic heterocycles. The van der Waals surface area contributed by atoms with Crippen LogP contribution in [0.15, 0.2) is 53.7 Å². The summed E-state index contributed by atoms with van der Waals surface area (Å²) in [6, 6.07) is 16.0. The number of nitrogens with zero attached hydrogens (tertiary/aromatic N) is 6. The lowest BCUT2D eigenvalue weighted by Gasteiger charge is -1.96. The van der Waals surface area contributed by atoms with Gasteiger partial charge < -0.3 is 0 Å². The van der Waals surface area contributed by atoms with Gasteiger partial charge in [0.15, 0.2) is 22.5 Å².